The number of hydrogen-bond donors (Lipinski definition) is 2. The highest BCUT2D eigenvalue weighted by Gasteiger charge is 2.23. The van der Waals surface area contributed by atoms with Crippen LogP contribution in [0.25, 0.3) is 0 Å². The number of benzene rings is 1. The molecular formula is C10H14N2O3S. The van der Waals surface area contributed by atoms with Crippen LogP contribution in [0.2, 0.25) is 0 Å². The minimum Gasteiger partial charge on any atom is -0.395 e. The average molecular weight is 242 g/mol. The summed E-state index contributed by atoms with van der Waals surface area (Å²) in [6.07, 6.45) is 0. The lowest BCUT2D eigenvalue weighted by Crippen LogP contribution is -2.21. The molecule has 0 spiro atoms. The van der Waals surface area contributed by atoms with E-state index in [-0.39, 0.29) is 12.4 Å². The molecule has 0 aromatic heterocycles. The van der Waals surface area contributed by atoms with E-state index in [0.29, 0.717) is 12.2 Å². The second-order valence-electron chi connectivity index (χ2n) is 3.85. The molecule has 1 aromatic carbocycles. The second kappa shape index (κ2) is 3.95. The average Bonchev–Trinajstić information content (AvgIpc) is 2.50. The molecule has 0 fully saturated rings. The smallest absolute Gasteiger partial charge is 0.237 e. The second-order valence-corrected chi connectivity index (χ2v) is 5.57. The van der Waals surface area contributed by atoms with Crippen molar-refractivity contribution in [2.24, 2.45) is 0 Å². The van der Waals surface area contributed by atoms with Crippen LogP contribution in [0, 0.1) is 0 Å². The van der Waals surface area contributed by atoms with E-state index in [0.717, 1.165) is 11.3 Å². The molecule has 1 aromatic rings. The molecule has 16 heavy (non-hydrogen) atoms. The maximum Gasteiger partial charge on any atom is 0.237 e. The van der Waals surface area contributed by atoms with E-state index < -0.39 is 10.0 Å². The minimum absolute atomic E-state index is 0.0479. The molecule has 88 valence electrons. The van der Waals surface area contributed by atoms with E-state index >= 15 is 0 Å². The van der Waals surface area contributed by atoms with Gasteiger partial charge in [-0.2, -0.15) is 0 Å². The lowest BCUT2D eigenvalue weighted by Gasteiger charge is -2.18. The number of rotatable bonds is 3. The number of nitrogens with zero attached hydrogens (tertiary/aromatic N) is 1. The molecular weight excluding hydrogens is 228 g/mol. The number of anilines is 2. The molecule has 0 saturated heterocycles. The number of hydrogen-bond acceptors (Lipinski definition) is 4. The summed E-state index contributed by atoms with van der Waals surface area (Å²) in [6, 6.07) is 5.45. The molecule has 0 radical (unpaired) electrons. The molecule has 0 amide bonds. The van der Waals surface area contributed by atoms with Crippen LogP contribution in [0.3, 0.4) is 0 Å². The topological polar surface area (TPSA) is 69.6 Å². The Morgan fingerprint density at radius 3 is 2.94 bits per heavy atom. The summed E-state index contributed by atoms with van der Waals surface area (Å²) in [5.74, 6) is 0.0479. The maximum atomic E-state index is 11.3. The molecule has 5 nitrogen and oxygen atoms in total. The van der Waals surface area contributed by atoms with Crippen molar-refractivity contribution in [3.05, 3.63) is 23.8 Å². The third-order valence-electron chi connectivity index (χ3n) is 2.58. The number of aliphatic hydroxyl groups is 1. The van der Waals surface area contributed by atoms with Crippen LogP contribution in [0.1, 0.15) is 5.56 Å². The van der Waals surface area contributed by atoms with Gasteiger partial charge in [-0.3, -0.25) is 4.72 Å². The number of sulfonamides is 1. The third kappa shape index (κ3) is 2.12. The third-order valence-corrected chi connectivity index (χ3v) is 3.80. The lowest BCUT2D eigenvalue weighted by molar-refractivity contribution is 0.304. The van der Waals surface area contributed by atoms with Gasteiger partial charge in [0.2, 0.25) is 10.0 Å². The molecule has 1 aliphatic heterocycles. The number of fused-ring (bicyclic) bond motifs is 1. The molecule has 0 unspecified atom stereocenters. The summed E-state index contributed by atoms with van der Waals surface area (Å²) in [5.41, 5.74) is 2.32. The molecule has 2 N–H and O–H groups in total. The Balaban J connectivity index is 2.29. The van der Waals surface area contributed by atoms with Crippen molar-refractivity contribution in [1.82, 2.24) is 0 Å². The van der Waals surface area contributed by atoms with Crippen LogP contribution in [0.4, 0.5) is 11.4 Å². The largest absolute Gasteiger partial charge is 0.395 e. The zero-order valence-electron chi connectivity index (χ0n) is 8.97. The Kier molecular flexibility index (Phi) is 2.77. The summed E-state index contributed by atoms with van der Waals surface area (Å²) in [4.78, 5) is 1.87. The fourth-order valence-corrected chi connectivity index (χ4v) is 2.97. The quantitative estimate of drug-likeness (QED) is 0.803. The van der Waals surface area contributed by atoms with E-state index in [4.69, 9.17) is 5.11 Å². The summed E-state index contributed by atoms with van der Waals surface area (Å²) in [6.45, 7) is 0.588. The molecule has 0 bridgehead atoms. The van der Waals surface area contributed by atoms with Crippen LogP contribution in [-0.2, 0) is 15.8 Å². The van der Waals surface area contributed by atoms with E-state index in [1.165, 1.54) is 0 Å². The van der Waals surface area contributed by atoms with Crippen molar-refractivity contribution in [2.45, 2.75) is 5.75 Å². The number of likely N-dealkylation sites (N-methyl/N-ethyl adjacent to an activating group) is 1. The monoisotopic (exact) mass is 242 g/mol. The van der Waals surface area contributed by atoms with Crippen molar-refractivity contribution in [3.63, 3.8) is 0 Å². The zero-order valence-corrected chi connectivity index (χ0v) is 9.79. The van der Waals surface area contributed by atoms with Gasteiger partial charge in [0.1, 0.15) is 0 Å². The first-order valence-corrected chi connectivity index (χ1v) is 6.62. The maximum absolute atomic E-state index is 11.3. The first-order chi connectivity index (χ1) is 7.52. The highest BCUT2D eigenvalue weighted by atomic mass is 32.2. The Labute approximate surface area is 94.8 Å². The van der Waals surface area contributed by atoms with Gasteiger partial charge in [0.05, 0.1) is 18.0 Å². The summed E-state index contributed by atoms with van der Waals surface area (Å²) >= 11 is 0. The summed E-state index contributed by atoms with van der Waals surface area (Å²) < 4.78 is 25.2. The van der Waals surface area contributed by atoms with Gasteiger partial charge in [-0.25, -0.2) is 8.42 Å². The normalized spacial score (nSPS) is 16.6. The molecule has 6 heteroatoms. The van der Waals surface area contributed by atoms with Gasteiger partial charge in [0.25, 0.3) is 0 Å². The van der Waals surface area contributed by atoms with Gasteiger partial charge in [-0.1, -0.05) is 6.07 Å². The van der Waals surface area contributed by atoms with E-state index in [9.17, 15) is 8.42 Å². The minimum atomic E-state index is -3.18. The molecule has 0 atom stereocenters. The lowest BCUT2D eigenvalue weighted by atomic mass is 10.2. The van der Waals surface area contributed by atoms with E-state index in [1.54, 1.807) is 12.1 Å². The Bertz CT molecular complexity index is 499. The Hall–Kier alpha value is -1.27. The van der Waals surface area contributed by atoms with Gasteiger partial charge in [0.15, 0.2) is 0 Å². The fourth-order valence-electron chi connectivity index (χ4n) is 1.71. The van der Waals surface area contributed by atoms with Crippen molar-refractivity contribution >= 4 is 21.4 Å². The zero-order chi connectivity index (χ0) is 11.8. The Morgan fingerprint density at radius 2 is 2.25 bits per heavy atom. The number of aliphatic hydroxyl groups excluding tert-OH is 1. The standard InChI is InChI=1S/C10H14N2O3S/c1-12(4-5-13)9-3-2-8-7-16(14,15)11-10(8)6-9/h2-3,6,11,13H,4-5,7H2,1H3. The van der Waals surface area contributed by atoms with Gasteiger partial charge in [0, 0.05) is 19.3 Å². The predicted molar refractivity (Wildman–Crippen MR) is 63.0 cm³/mol. The van der Waals surface area contributed by atoms with Crippen molar-refractivity contribution in [1.29, 1.82) is 0 Å². The van der Waals surface area contributed by atoms with Crippen LogP contribution in [0.5, 0.6) is 0 Å². The highest BCUT2D eigenvalue weighted by molar-refractivity contribution is 7.92. The van der Waals surface area contributed by atoms with E-state index in [1.807, 2.05) is 18.0 Å². The first-order valence-electron chi connectivity index (χ1n) is 4.97. The summed E-state index contributed by atoms with van der Waals surface area (Å²) in [7, 11) is -1.33. The SMILES string of the molecule is CN(CCO)c1ccc2c(c1)NS(=O)(=O)C2. The van der Waals surface area contributed by atoms with Crippen LogP contribution in [0.15, 0.2) is 18.2 Å². The van der Waals surface area contributed by atoms with E-state index in [2.05, 4.69) is 4.72 Å². The van der Waals surface area contributed by atoms with Gasteiger partial charge in [-0.05, 0) is 17.7 Å². The van der Waals surface area contributed by atoms with Crippen LogP contribution in [-0.4, -0.2) is 33.7 Å². The summed E-state index contributed by atoms with van der Waals surface area (Å²) in [5, 5.41) is 8.82. The van der Waals surface area contributed by atoms with Crippen molar-refractivity contribution in [2.75, 3.05) is 29.8 Å². The first kappa shape index (κ1) is 11.2. The number of nitrogens with one attached hydrogen (secondary N) is 1. The molecule has 2 rings (SSSR count). The highest BCUT2D eigenvalue weighted by Crippen LogP contribution is 2.30. The van der Waals surface area contributed by atoms with Gasteiger partial charge < -0.3 is 10.0 Å². The van der Waals surface area contributed by atoms with Crippen molar-refractivity contribution < 1.29 is 13.5 Å². The van der Waals surface area contributed by atoms with Crippen molar-refractivity contribution in [3.8, 4) is 0 Å². The molecule has 1 aliphatic rings. The molecule has 0 saturated carbocycles. The Morgan fingerprint density at radius 1 is 1.50 bits per heavy atom. The van der Waals surface area contributed by atoms with Crippen LogP contribution >= 0.6 is 0 Å². The van der Waals surface area contributed by atoms with Gasteiger partial charge >= 0.3 is 0 Å². The molecule has 0 aliphatic carbocycles. The van der Waals surface area contributed by atoms with Crippen LogP contribution < -0.4 is 9.62 Å². The molecule has 1 heterocycles. The van der Waals surface area contributed by atoms with Gasteiger partial charge in [-0.15, -0.1) is 0 Å². The predicted octanol–water partition coefficient (Wildman–Crippen LogP) is 0.370. The fraction of sp³-hybridized carbons (Fsp3) is 0.400.